The van der Waals surface area contributed by atoms with E-state index in [9.17, 15) is 5.11 Å². The Morgan fingerprint density at radius 1 is 0.909 bits per heavy atom. The number of β-amino-alcohol motifs (C(OH)–C–C–N with tert-alkyl or cyclic N) is 1. The van der Waals surface area contributed by atoms with Gasteiger partial charge in [0.25, 0.3) is 0 Å². The van der Waals surface area contributed by atoms with Crippen molar-refractivity contribution in [1.82, 2.24) is 14.8 Å². The van der Waals surface area contributed by atoms with Gasteiger partial charge in [0.1, 0.15) is 0 Å². The van der Waals surface area contributed by atoms with Crippen LogP contribution in [0.2, 0.25) is 0 Å². The summed E-state index contributed by atoms with van der Waals surface area (Å²) in [6.45, 7) is 5.67. The molecule has 0 bridgehead atoms. The molecule has 1 aromatic carbocycles. The van der Waals surface area contributed by atoms with E-state index in [-0.39, 0.29) is 0 Å². The van der Waals surface area contributed by atoms with Crippen LogP contribution in [0.25, 0.3) is 0 Å². The quantitative estimate of drug-likeness (QED) is 0.915. The predicted molar refractivity (Wildman–Crippen MR) is 87.4 cm³/mol. The Kier molecular flexibility index (Phi) is 5.16. The van der Waals surface area contributed by atoms with Crippen LogP contribution in [-0.4, -0.2) is 52.6 Å². The van der Waals surface area contributed by atoms with Gasteiger partial charge in [0.05, 0.1) is 11.8 Å². The van der Waals surface area contributed by atoms with Crippen molar-refractivity contribution in [1.29, 1.82) is 0 Å². The summed E-state index contributed by atoms with van der Waals surface area (Å²) in [5, 5.41) is 10.3. The summed E-state index contributed by atoms with van der Waals surface area (Å²) in [4.78, 5) is 9.15. The highest BCUT2D eigenvalue weighted by Crippen LogP contribution is 2.15. The Bertz CT molecular complexity index is 553. The van der Waals surface area contributed by atoms with E-state index in [1.807, 2.05) is 48.7 Å². The Hall–Kier alpha value is -1.75. The van der Waals surface area contributed by atoms with Gasteiger partial charge in [-0.15, -0.1) is 0 Å². The van der Waals surface area contributed by atoms with Gasteiger partial charge >= 0.3 is 0 Å². The van der Waals surface area contributed by atoms with Gasteiger partial charge in [-0.2, -0.15) is 0 Å². The maximum Gasteiger partial charge on any atom is 0.0916 e. The van der Waals surface area contributed by atoms with Crippen LogP contribution in [0.15, 0.2) is 54.7 Å². The van der Waals surface area contributed by atoms with Crippen LogP contribution in [0.3, 0.4) is 0 Å². The van der Waals surface area contributed by atoms with Gasteiger partial charge in [0, 0.05) is 45.5 Å². The number of benzene rings is 1. The number of hydrogen-bond acceptors (Lipinski definition) is 4. The molecule has 4 nitrogen and oxygen atoms in total. The molecule has 4 heteroatoms. The van der Waals surface area contributed by atoms with E-state index in [1.165, 1.54) is 0 Å². The van der Waals surface area contributed by atoms with Crippen LogP contribution in [0, 0.1) is 0 Å². The summed E-state index contributed by atoms with van der Waals surface area (Å²) in [5.41, 5.74) is 2.12. The number of aliphatic hydroxyl groups is 1. The number of piperazine rings is 1. The lowest BCUT2D eigenvalue weighted by Crippen LogP contribution is -2.47. The molecule has 1 N–H and O–H groups in total. The smallest absolute Gasteiger partial charge is 0.0916 e. The highest BCUT2D eigenvalue weighted by molar-refractivity contribution is 5.17. The first kappa shape index (κ1) is 15.2. The number of nitrogens with zero attached hydrogens (tertiary/aromatic N) is 3. The van der Waals surface area contributed by atoms with Crippen LogP contribution in [0.4, 0.5) is 0 Å². The third-order valence-electron chi connectivity index (χ3n) is 4.19. The Morgan fingerprint density at radius 2 is 1.59 bits per heavy atom. The molecule has 1 aromatic heterocycles. The van der Waals surface area contributed by atoms with Crippen molar-refractivity contribution in [2.24, 2.45) is 0 Å². The second kappa shape index (κ2) is 7.49. The first-order valence-electron chi connectivity index (χ1n) is 7.89. The molecule has 1 fully saturated rings. The highest BCUT2D eigenvalue weighted by atomic mass is 16.3. The fraction of sp³-hybridized carbons (Fsp3) is 0.389. The number of aromatic nitrogens is 1. The number of hydrogen-bond donors (Lipinski definition) is 1. The maximum atomic E-state index is 10.3. The van der Waals surface area contributed by atoms with Gasteiger partial charge in [0.2, 0.25) is 0 Å². The van der Waals surface area contributed by atoms with Crippen LogP contribution in [-0.2, 0) is 6.54 Å². The van der Waals surface area contributed by atoms with E-state index in [0.717, 1.165) is 44.0 Å². The third kappa shape index (κ3) is 4.13. The average Bonchev–Trinajstić information content (AvgIpc) is 2.58. The van der Waals surface area contributed by atoms with E-state index in [1.54, 1.807) is 0 Å². The minimum atomic E-state index is -0.399. The molecule has 0 aliphatic carbocycles. The number of rotatable bonds is 5. The summed E-state index contributed by atoms with van der Waals surface area (Å²) in [6.07, 6.45) is 1.45. The standard InChI is InChI=1S/C18H23N3O/c22-18(16-6-2-1-3-7-16)15-21-12-10-20(11-13-21)14-17-8-4-5-9-19-17/h1-9,18,22H,10-15H2/t18-/m0/s1. The summed E-state index contributed by atoms with van der Waals surface area (Å²) in [7, 11) is 0. The lowest BCUT2D eigenvalue weighted by molar-refractivity contribution is 0.0697. The summed E-state index contributed by atoms with van der Waals surface area (Å²) >= 11 is 0. The van der Waals surface area contributed by atoms with Crippen LogP contribution < -0.4 is 0 Å². The zero-order valence-electron chi connectivity index (χ0n) is 12.8. The van der Waals surface area contributed by atoms with E-state index in [4.69, 9.17) is 0 Å². The normalized spacial score (nSPS) is 18.2. The average molecular weight is 297 g/mol. The Balaban J connectivity index is 1.46. The van der Waals surface area contributed by atoms with Crippen molar-refractivity contribution in [2.45, 2.75) is 12.6 Å². The van der Waals surface area contributed by atoms with Crippen LogP contribution in [0.5, 0.6) is 0 Å². The zero-order chi connectivity index (χ0) is 15.2. The van der Waals surface area contributed by atoms with E-state index in [2.05, 4.69) is 20.9 Å². The predicted octanol–water partition coefficient (Wildman–Crippen LogP) is 1.93. The minimum absolute atomic E-state index is 0.399. The van der Waals surface area contributed by atoms with Gasteiger partial charge in [-0.3, -0.25) is 14.8 Å². The lowest BCUT2D eigenvalue weighted by Gasteiger charge is -2.35. The fourth-order valence-electron chi connectivity index (χ4n) is 2.88. The van der Waals surface area contributed by atoms with Gasteiger partial charge in [-0.25, -0.2) is 0 Å². The van der Waals surface area contributed by atoms with Crippen molar-refractivity contribution in [3.63, 3.8) is 0 Å². The SMILES string of the molecule is O[C@@H](CN1CCN(Cc2ccccn2)CC1)c1ccccc1. The number of pyridine rings is 1. The molecule has 0 amide bonds. The maximum absolute atomic E-state index is 10.3. The monoisotopic (exact) mass is 297 g/mol. The molecule has 2 heterocycles. The molecule has 22 heavy (non-hydrogen) atoms. The fourth-order valence-corrected chi connectivity index (χ4v) is 2.88. The van der Waals surface area contributed by atoms with Gasteiger partial charge in [0.15, 0.2) is 0 Å². The molecule has 1 atom stereocenters. The Labute approximate surface area is 132 Å². The van der Waals surface area contributed by atoms with E-state index >= 15 is 0 Å². The molecular formula is C18H23N3O. The van der Waals surface area contributed by atoms with Crippen LogP contribution >= 0.6 is 0 Å². The van der Waals surface area contributed by atoms with Crippen molar-refractivity contribution < 1.29 is 5.11 Å². The second-order valence-corrected chi connectivity index (χ2v) is 5.82. The topological polar surface area (TPSA) is 39.6 Å². The summed E-state index contributed by atoms with van der Waals surface area (Å²) in [5.74, 6) is 0. The molecule has 0 unspecified atom stereocenters. The highest BCUT2D eigenvalue weighted by Gasteiger charge is 2.20. The van der Waals surface area contributed by atoms with Crippen molar-refractivity contribution >= 4 is 0 Å². The molecule has 1 aliphatic heterocycles. The van der Waals surface area contributed by atoms with E-state index < -0.39 is 6.10 Å². The molecule has 1 saturated heterocycles. The van der Waals surface area contributed by atoms with Gasteiger partial charge in [-0.1, -0.05) is 36.4 Å². The molecule has 3 rings (SSSR count). The zero-order valence-corrected chi connectivity index (χ0v) is 12.8. The van der Waals surface area contributed by atoms with Crippen LogP contribution in [0.1, 0.15) is 17.4 Å². The molecule has 2 aromatic rings. The summed E-state index contributed by atoms with van der Waals surface area (Å²) < 4.78 is 0. The first-order chi connectivity index (χ1) is 10.8. The van der Waals surface area contributed by atoms with Gasteiger partial charge in [-0.05, 0) is 17.7 Å². The minimum Gasteiger partial charge on any atom is -0.387 e. The van der Waals surface area contributed by atoms with Gasteiger partial charge < -0.3 is 5.11 Å². The number of aliphatic hydroxyl groups excluding tert-OH is 1. The van der Waals surface area contributed by atoms with Crippen molar-refractivity contribution in [2.75, 3.05) is 32.7 Å². The molecular weight excluding hydrogens is 274 g/mol. The van der Waals surface area contributed by atoms with Crippen molar-refractivity contribution in [3.8, 4) is 0 Å². The first-order valence-corrected chi connectivity index (χ1v) is 7.89. The lowest BCUT2D eigenvalue weighted by atomic mass is 10.1. The van der Waals surface area contributed by atoms with Crippen molar-refractivity contribution in [3.05, 3.63) is 66.0 Å². The largest absolute Gasteiger partial charge is 0.387 e. The summed E-state index contributed by atoms with van der Waals surface area (Å²) in [6, 6.07) is 16.0. The van der Waals surface area contributed by atoms with E-state index in [0.29, 0.717) is 6.54 Å². The molecule has 1 aliphatic rings. The third-order valence-corrected chi connectivity index (χ3v) is 4.19. The molecule has 0 radical (unpaired) electrons. The molecule has 0 spiro atoms. The Morgan fingerprint density at radius 3 is 2.27 bits per heavy atom. The molecule has 116 valence electrons. The molecule has 0 saturated carbocycles. The second-order valence-electron chi connectivity index (χ2n) is 5.82.